The summed E-state index contributed by atoms with van der Waals surface area (Å²) in [5.74, 6) is 1.63. The Morgan fingerprint density at radius 3 is 2.26 bits per heavy atom. The standard InChI is InChI=1S/C25H29NO5/c1-16-10-11-18(12-17(16)2)15-30-23-21(27)14-22(28-5)24(25(23)29-6)31-20-9-7-8-19(13-20)26(3)4/h7-14,27H,15H2,1-6H3. The van der Waals surface area contributed by atoms with Gasteiger partial charge in [0, 0.05) is 31.9 Å². The summed E-state index contributed by atoms with van der Waals surface area (Å²) in [6.45, 7) is 4.39. The number of benzene rings is 3. The Morgan fingerprint density at radius 2 is 1.61 bits per heavy atom. The van der Waals surface area contributed by atoms with Gasteiger partial charge in [0.25, 0.3) is 0 Å². The molecular formula is C25H29NO5. The van der Waals surface area contributed by atoms with E-state index in [0.29, 0.717) is 17.2 Å². The number of aryl methyl sites for hydroxylation is 2. The second-order valence-electron chi connectivity index (χ2n) is 7.49. The molecule has 0 bridgehead atoms. The van der Waals surface area contributed by atoms with E-state index in [1.54, 1.807) is 0 Å². The average Bonchev–Trinajstić information content (AvgIpc) is 2.76. The molecule has 0 radical (unpaired) electrons. The SMILES string of the molecule is COc1cc(O)c(OCc2ccc(C)c(C)c2)c(OC)c1Oc1cccc(N(C)C)c1. The Balaban J connectivity index is 1.97. The van der Waals surface area contributed by atoms with Crippen molar-refractivity contribution < 1.29 is 24.1 Å². The van der Waals surface area contributed by atoms with Gasteiger partial charge in [-0.2, -0.15) is 0 Å². The average molecular weight is 424 g/mol. The largest absolute Gasteiger partial charge is 0.504 e. The zero-order valence-electron chi connectivity index (χ0n) is 18.9. The zero-order chi connectivity index (χ0) is 22.5. The molecule has 31 heavy (non-hydrogen) atoms. The molecule has 0 spiro atoms. The molecule has 0 aromatic heterocycles. The first-order valence-corrected chi connectivity index (χ1v) is 9.96. The van der Waals surface area contributed by atoms with Gasteiger partial charge in [-0.3, -0.25) is 0 Å². The number of phenols is 1. The first-order chi connectivity index (χ1) is 14.8. The molecule has 0 fully saturated rings. The van der Waals surface area contributed by atoms with Gasteiger partial charge < -0.3 is 29.0 Å². The van der Waals surface area contributed by atoms with Crippen molar-refractivity contribution in [2.45, 2.75) is 20.5 Å². The minimum atomic E-state index is -0.0908. The minimum Gasteiger partial charge on any atom is -0.504 e. The number of hydrogen-bond donors (Lipinski definition) is 1. The van der Waals surface area contributed by atoms with E-state index >= 15 is 0 Å². The lowest BCUT2D eigenvalue weighted by molar-refractivity contribution is 0.260. The minimum absolute atomic E-state index is 0.0908. The lowest BCUT2D eigenvalue weighted by Crippen LogP contribution is -2.08. The van der Waals surface area contributed by atoms with Gasteiger partial charge in [0.2, 0.25) is 17.2 Å². The van der Waals surface area contributed by atoms with Crippen LogP contribution in [0.25, 0.3) is 0 Å². The third kappa shape index (κ3) is 4.97. The molecule has 0 saturated heterocycles. The van der Waals surface area contributed by atoms with E-state index in [1.807, 2.05) is 55.4 Å². The Hall–Kier alpha value is -3.54. The summed E-state index contributed by atoms with van der Waals surface area (Å²) in [6.07, 6.45) is 0. The lowest BCUT2D eigenvalue weighted by atomic mass is 10.1. The number of hydrogen-bond acceptors (Lipinski definition) is 6. The van der Waals surface area contributed by atoms with E-state index in [4.69, 9.17) is 18.9 Å². The number of methoxy groups -OCH3 is 2. The highest BCUT2D eigenvalue weighted by atomic mass is 16.6. The summed E-state index contributed by atoms with van der Waals surface area (Å²) >= 11 is 0. The molecule has 0 amide bonds. The molecule has 3 aromatic rings. The monoisotopic (exact) mass is 423 g/mol. The summed E-state index contributed by atoms with van der Waals surface area (Å²) in [7, 11) is 6.92. The number of aromatic hydroxyl groups is 1. The molecule has 3 rings (SSSR count). The van der Waals surface area contributed by atoms with Crippen molar-refractivity contribution in [2.24, 2.45) is 0 Å². The predicted molar refractivity (Wildman–Crippen MR) is 122 cm³/mol. The highest BCUT2D eigenvalue weighted by Gasteiger charge is 2.23. The molecule has 0 unspecified atom stereocenters. The van der Waals surface area contributed by atoms with Crippen molar-refractivity contribution in [3.8, 4) is 34.5 Å². The molecule has 0 aliphatic rings. The molecule has 0 saturated carbocycles. The van der Waals surface area contributed by atoms with Crippen LogP contribution >= 0.6 is 0 Å². The maximum absolute atomic E-state index is 10.6. The Kier molecular flexibility index (Phi) is 6.80. The van der Waals surface area contributed by atoms with Crippen molar-refractivity contribution in [3.63, 3.8) is 0 Å². The van der Waals surface area contributed by atoms with E-state index in [0.717, 1.165) is 11.3 Å². The molecule has 0 heterocycles. The maximum Gasteiger partial charge on any atom is 0.215 e. The summed E-state index contributed by atoms with van der Waals surface area (Å²) in [6, 6.07) is 15.2. The number of anilines is 1. The fourth-order valence-electron chi connectivity index (χ4n) is 3.15. The summed E-state index contributed by atoms with van der Waals surface area (Å²) < 4.78 is 23.1. The van der Waals surface area contributed by atoms with Gasteiger partial charge in [0.15, 0.2) is 11.5 Å². The first kappa shape index (κ1) is 22.2. The zero-order valence-corrected chi connectivity index (χ0v) is 18.9. The van der Waals surface area contributed by atoms with Crippen molar-refractivity contribution in [3.05, 3.63) is 65.2 Å². The van der Waals surface area contributed by atoms with Crippen LogP contribution < -0.4 is 23.8 Å². The summed E-state index contributed by atoms with van der Waals surface area (Å²) in [5.41, 5.74) is 4.36. The van der Waals surface area contributed by atoms with Crippen LogP contribution in [0.2, 0.25) is 0 Å². The van der Waals surface area contributed by atoms with E-state index in [-0.39, 0.29) is 23.9 Å². The van der Waals surface area contributed by atoms with Crippen molar-refractivity contribution in [1.82, 2.24) is 0 Å². The Morgan fingerprint density at radius 1 is 0.839 bits per heavy atom. The van der Waals surface area contributed by atoms with E-state index in [1.165, 1.54) is 31.4 Å². The number of phenolic OH excluding ortho intramolecular Hbond substituents is 1. The van der Waals surface area contributed by atoms with Crippen LogP contribution in [0.3, 0.4) is 0 Å². The van der Waals surface area contributed by atoms with Crippen LogP contribution in [0, 0.1) is 13.8 Å². The van der Waals surface area contributed by atoms with Crippen LogP contribution in [0.5, 0.6) is 34.5 Å². The van der Waals surface area contributed by atoms with Crippen molar-refractivity contribution in [2.75, 3.05) is 33.2 Å². The van der Waals surface area contributed by atoms with Crippen LogP contribution in [0.4, 0.5) is 5.69 Å². The Labute approximate surface area is 183 Å². The summed E-state index contributed by atoms with van der Waals surface area (Å²) in [4.78, 5) is 1.98. The van der Waals surface area contributed by atoms with Crippen LogP contribution in [0.15, 0.2) is 48.5 Å². The third-order valence-corrected chi connectivity index (χ3v) is 5.07. The summed E-state index contributed by atoms with van der Waals surface area (Å²) in [5, 5.41) is 10.6. The van der Waals surface area contributed by atoms with E-state index < -0.39 is 0 Å². The van der Waals surface area contributed by atoms with Crippen molar-refractivity contribution >= 4 is 5.69 Å². The van der Waals surface area contributed by atoms with Crippen LogP contribution in [0.1, 0.15) is 16.7 Å². The molecule has 0 atom stereocenters. The second kappa shape index (κ2) is 9.51. The van der Waals surface area contributed by atoms with Crippen LogP contribution in [-0.2, 0) is 6.61 Å². The molecular weight excluding hydrogens is 394 g/mol. The first-order valence-electron chi connectivity index (χ1n) is 9.96. The fourth-order valence-corrected chi connectivity index (χ4v) is 3.15. The van der Waals surface area contributed by atoms with Gasteiger partial charge in [-0.15, -0.1) is 0 Å². The third-order valence-electron chi connectivity index (χ3n) is 5.07. The second-order valence-corrected chi connectivity index (χ2v) is 7.49. The normalized spacial score (nSPS) is 10.5. The van der Waals surface area contributed by atoms with Gasteiger partial charge in [-0.25, -0.2) is 0 Å². The fraction of sp³-hybridized carbons (Fsp3) is 0.280. The highest BCUT2D eigenvalue weighted by molar-refractivity contribution is 5.66. The molecule has 6 heteroatoms. The highest BCUT2D eigenvalue weighted by Crippen LogP contribution is 2.51. The maximum atomic E-state index is 10.6. The number of nitrogens with zero attached hydrogens (tertiary/aromatic N) is 1. The van der Waals surface area contributed by atoms with Crippen LogP contribution in [-0.4, -0.2) is 33.4 Å². The molecule has 3 aromatic carbocycles. The number of ether oxygens (including phenoxy) is 4. The molecule has 0 aliphatic carbocycles. The van der Waals surface area contributed by atoms with E-state index in [9.17, 15) is 5.11 Å². The van der Waals surface area contributed by atoms with Gasteiger partial charge in [-0.05, 0) is 42.7 Å². The molecule has 164 valence electrons. The topological polar surface area (TPSA) is 60.4 Å². The van der Waals surface area contributed by atoms with Gasteiger partial charge in [-0.1, -0.05) is 24.3 Å². The molecule has 1 N–H and O–H groups in total. The quantitative estimate of drug-likeness (QED) is 0.519. The number of rotatable bonds is 8. The predicted octanol–water partition coefficient (Wildman–Crippen LogP) is 5.46. The Bertz CT molecular complexity index is 1060. The lowest BCUT2D eigenvalue weighted by Gasteiger charge is -2.20. The van der Waals surface area contributed by atoms with Gasteiger partial charge in [0.1, 0.15) is 12.4 Å². The van der Waals surface area contributed by atoms with Crippen molar-refractivity contribution in [1.29, 1.82) is 0 Å². The van der Waals surface area contributed by atoms with E-state index in [2.05, 4.69) is 19.9 Å². The molecule has 6 nitrogen and oxygen atoms in total. The smallest absolute Gasteiger partial charge is 0.215 e. The van der Waals surface area contributed by atoms with Gasteiger partial charge in [0.05, 0.1) is 14.2 Å². The molecule has 0 aliphatic heterocycles. The van der Waals surface area contributed by atoms with Gasteiger partial charge >= 0.3 is 0 Å².